The Balaban J connectivity index is 1.83. The lowest BCUT2D eigenvalue weighted by molar-refractivity contribution is 0.0886. The van der Waals surface area contributed by atoms with E-state index in [1.807, 2.05) is 48.5 Å². The van der Waals surface area contributed by atoms with Gasteiger partial charge in [0, 0.05) is 5.02 Å². The summed E-state index contributed by atoms with van der Waals surface area (Å²) in [6.45, 7) is 0.308. The second kappa shape index (κ2) is 8.03. The van der Waals surface area contributed by atoms with Gasteiger partial charge in [0.25, 0.3) is 0 Å². The van der Waals surface area contributed by atoms with Crippen LogP contribution in [0.4, 0.5) is 0 Å². The van der Waals surface area contributed by atoms with Crippen molar-refractivity contribution in [3.63, 3.8) is 0 Å². The average molecular weight is 307 g/mol. The second-order valence-electron chi connectivity index (χ2n) is 4.93. The standard InChI is InChI=1S/C17H19ClO3/c18-15-6-1-14(2-7-15)12-21-17-9-4-13(5-10-17)3-8-16(20)11-19/h1-2,4-7,9-10,16,19-20H,3,8,11-12H2. The fraction of sp³-hybridized carbons (Fsp3) is 0.294. The number of aryl methyl sites for hydroxylation is 1. The highest BCUT2D eigenvalue weighted by atomic mass is 35.5. The first-order chi connectivity index (χ1) is 10.2. The Morgan fingerprint density at radius 2 is 1.57 bits per heavy atom. The fourth-order valence-electron chi connectivity index (χ4n) is 1.92. The largest absolute Gasteiger partial charge is 0.489 e. The van der Waals surface area contributed by atoms with Gasteiger partial charge in [-0.15, -0.1) is 0 Å². The lowest BCUT2D eigenvalue weighted by Crippen LogP contribution is -2.12. The summed E-state index contributed by atoms with van der Waals surface area (Å²) in [6, 6.07) is 15.3. The highest BCUT2D eigenvalue weighted by molar-refractivity contribution is 6.30. The number of halogens is 1. The van der Waals surface area contributed by atoms with Crippen molar-refractivity contribution in [2.45, 2.75) is 25.6 Å². The van der Waals surface area contributed by atoms with E-state index in [0.717, 1.165) is 23.3 Å². The van der Waals surface area contributed by atoms with Gasteiger partial charge >= 0.3 is 0 Å². The molecule has 2 N–H and O–H groups in total. The van der Waals surface area contributed by atoms with Crippen molar-refractivity contribution in [3.8, 4) is 5.75 Å². The Labute approximate surface area is 129 Å². The molecule has 0 radical (unpaired) electrons. The molecule has 0 amide bonds. The lowest BCUT2D eigenvalue weighted by atomic mass is 10.1. The summed E-state index contributed by atoms with van der Waals surface area (Å²) in [4.78, 5) is 0. The third-order valence-electron chi connectivity index (χ3n) is 3.22. The topological polar surface area (TPSA) is 49.7 Å². The molecule has 0 bridgehead atoms. The summed E-state index contributed by atoms with van der Waals surface area (Å²) in [7, 11) is 0. The van der Waals surface area contributed by atoms with Crippen LogP contribution in [0.25, 0.3) is 0 Å². The molecule has 0 aliphatic rings. The number of rotatable bonds is 7. The normalized spacial score (nSPS) is 12.1. The van der Waals surface area contributed by atoms with Gasteiger partial charge in [-0.1, -0.05) is 35.9 Å². The third kappa shape index (κ3) is 5.38. The van der Waals surface area contributed by atoms with Crippen molar-refractivity contribution in [3.05, 3.63) is 64.7 Å². The SMILES string of the molecule is OCC(O)CCc1ccc(OCc2ccc(Cl)cc2)cc1. The first kappa shape index (κ1) is 15.8. The molecule has 0 aliphatic carbocycles. The van der Waals surface area contributed by atoms with E-state index in [1.54, 1.807) is 0 Å². The molecular weight excluding hydrogens is 288 g/mol. The molecule has 21 heavy (non-hydrogen) atoms. The van der Waals surface area contributed by atoms with E-state index < -0.39 is 6.10 Å². The van der Waals surface area contributed by atoms with Gasteiger partial charge in [0.05, 0.1) is 12.7 Å². The molecular formula is C17H19ClO3. The van der Waals surface area contributed by atoms with Gasteiger partial charge in [-0.3, -0.25) is 0 Å². The zero-order valence-electron chi connectivity index (χ0n) is 11.7. The van der Waals surface area contributed by atoms with Crippen LogP contribution in [0.3, 0.4) is 0 Å². The minimum atomic E-state index is -0.647. The lowest BCUT2D eigenvalue weighted by Gasteiger charge is -2.09. The molecule has 0 saturated carbocycles. The molecule has 0 heterocycles. The average Bonchev–Trinajstić information content (AvgIpc) is 2.53. The molecule has 112 valence electrons. The molecule has 0 saturated heterocycles. The van der Waals surface area contributed by atoms with E-state index in [-0.39, 0.29) is 6.61 Å². The first-order valence-corrected chi connectivity index (χ1v) is 7.30. The Morgan fingerprint density at radius 1 is 0.952 bits per heavy atom. The van der Waals surface area contributed by atoms with Gasteiger partial charge in [-0.05, 0) is 48.2 Å². The summed E-state index contributed by atoms with van der Waals surface area (Å²) in [5.74, 6) is 0.802. The summed E-state index contributed by atoms with van der Waals surface area (Å²) in [6.07, 6.45) is 0.645. The van der Waals surface area contributed by atoms with E-state index >= 15 is 0 Å². The van der Waals surface area contributed by atoms with Crippen molar-refractivity contribution < 1.29 is 14.9 Å². The van der Waals surface area contributed by atoms with Gasteiger partial charge in [-0.25, -0.2) is 0 Å². The maximum atomic E-state index is 9.32. The maximum absolute atomic E-state index is 9.32. The molecule has 4 heteroatoms. The van der Waals surface area contributed by atoms with Gasteiger partial charge in [0.1, 0.15) is 12.4 Å². The quantitative estimate of drug-likeness (QED) is 0.826. The molecule has 1 atom stereocenters. The molecule has 2 aromatic rings. The van der Waals surface area contributed by atoms with E-state index in [0.29, 0.717) is 18.1 Å². The Kier molecular flexibility index (Phi) is 6.05. The predicted octanol–water partition coefficient (Wildman–Crippen LogP) is 3.20. The molecule has 0 aromatic heterocycles. The number of ether oxygens (including phenoxy) is 1. The predicted molar refractivity (Wildman–Crippen MR) is 83.6 cm³/mol. The molecule has 1 unspecified atom stereocenters. The van der Waals surface area contributed by atoms with E-state index in [1.165, 1.54) is 0 Å². The van der Waals surface area contributed by atoms with Crippen LogP contribution in [0.15, 0.2) is 48.5 Å². The summed E-state index contributed by atoms with van der Waals surface area (Å²) in [5, 5.41) is 18.8. The van der Waals surface area contributed by atoms with Crippen LogP contribution in [0.5, 0.6) is 5.75 Å². The monoisotopic (exact) mass is 306 g/mol. The number of aliphatic hydroxyl groups excluding tert-OH is 2. The van der Waals surface area contributed by atoms with Crippen LogP contribution < -0.4 is 4.74 Å². The molecule has 0 aliphatic heterocycles. The van der Waals surface area contributed by atoms with Crippen molar-refractivity contribution in [2.24, 2.45) is 0 Å². The number of benzene rings is 2. The van der Waals surface area contributed by atoms with E-state index in [4.69, 9.17) is 21.4 Å². The van der Waals surface area contributed by atoms with Gasteiger partial charge in [0.2, 0.25) is 0 Å². The summed E-state index contributed by atoms with van der Waals surface area (Å²) in [5.41, 5.74) is 2.18. The van der Waals surface area contributed by atoms with E-state index in [2.05, 4.69) is 0 Å². The number of hydrogen-bond donors (Lipinski definition) is 2. The zero-order chi connectivity index (χ0) is 15.1. The van der Waals surface area contributed by atoms with Crippen LogP contribution in [0.2, 0.25) is 5.02 Å². The number of aliphatic hydroxyl groups is 2. The van der Waals surface area contributed by atoms with Crippen molar-refractivity contribution in [1.29, 1.82) is 0 Å². The minimum absolute atomic E-state index is 0.192. The highest BCUT2D eigenvalue weighted by Crippen LogP contribution is 2.16. The maximum Gasteiger partial charge on any atom is 0.119 e. The van der Waals surface area contributed by atoms with Gasteiger partial charge in [0.15, 0.2) is 0 Å². The summed E-state index contributed by atoms with van der Waals surface area (Å²) >= 11 is 5.83. The molecule has 2 aromatic carbocycles. The Hall–Kier alpha value is -1.55. The van der Waals surface area contributed by atoms with Crippen LogP contribution in [-0.4, -0.2) is 22.9 Å². The molecule has 2 rings (SSSR count). The van der Waals surface area contributed by atoms with E-state index in [9.17, 15) is 5.11 Å². The van der Waals surface area contributed by atoms with Crippen molar-refractivity contribution >= 4 is 11.6 Å². The van der Waals surface area contributed by atoms with Gasteiger partial charge < -0.3 is 14.9 Å². The van der Waals surface area contributed by atoms with Crippen LogP contribution in [-0.2, 0) is 13.0 Å². The van der Waals surface area contributed by atoms with Gasteiger partial charge in [-0.2, -0.15) is 0 Å². The smallest absolute Gasteiger partial charge is 0.119 e. The molecule has 3 nitrogen and oxygen atoms in total. The second-order valence-corrected chi connectivity index (χ2v) is 5.37. The minimum Gasteiger partial charge on any atom is -0.489 e. The molecule has 0 fully saturated rings. The number of hydrogen-bond acceptors (Lipinski definition) is 3. The Morgan fingerprint density at radius 3 is 2.19 bits per heavy atom. The van der Waals surface area contributed by atoms with Crippen LogP contribution in [0, 0.1) is 0 Å². The van der Waals surface area contributed by atoms with Crippen LogP contribution >= 0.6 is 11.6 Å². The van der Waals surface area contributed by atoms with Crippen molar-refractivity contribution in [2.75, 3.05) is 6.61 Å². The molecule has 0 spiro atoms. The highest BCUT2D eigenvalue weighted by Gasteiger charge is 2.03. The zero-order valence-corrected chi connectivity index (χ0v) is 12.5. The summed E-state index contributed by atoms with van der Waals surface area (Å²) < 4.78 is 5.70. The first-order valence-electron chi connectivity index (χ1n) is 6.92. The third-order valence-corrected chi connectivity index (χ3v) is 3.47. The van der Waals surface area contributed by atoms with Crippen molar-refractivity contribution in [1.82, 2.24) is 0 Å². The fourth-order valence-corrected chi connectivity index (χ4v) is 2.05. The van der Waals surface area contributed by atoms with Crippen LogP contribution in [0.1, 0.15) is 17.5 Å². The Bertz CT molecular complexity index is 537.